The van der Waals surface area contributed by atoms with Crippen LogP contribution >= 0.6 is 11.8 Å². The molecule has 4 heteroatoms. The van der Waals surface area contributed by atoms with Gasteiger partial charge < -0.3 is 9.84 Å². The van der Waals surface area contributed by atoms with Crippen LogP contribution in [-0.2, 0) is 16.0 Å². The molecule has 0 bridgehead atoms. The average Bonchev–Trinajstić information content (AvgIpc) is 2.26. The van der Waals surface area contributed by atoms with E-state index in [9.17, 15) is 4.79 Å². The maximum atomic E-state index is 10.5. The number of rotatable bonds is 3. The quantitative estimate of drug-likeness (QED) is 0.853. The zero-order valence-electron chi connectivity index (χ0n) is 8.18. The molecule has 1 aliphatic heterocycles. The van der Waals surface area contributed by atoms with Gasteiger partial charge in [-0.05, 0) is 17.5 Å². The van der Waals surface area contributed by atoms with Crippen molar-refractivity contribution < 1.29 is 14.6 Å². The Morgan fingerprint density at radius 2 is 2.33 bits per heavy atom. The van der Waals surface area contributed by atoms with Crippen molar-refractivity contribution in [2.24, 2.45) is 0 Å². The number of aliphatic carboxylic acids is 1. The minimum absolute atomic E-state index is 0.0823. The number of carboxylic acid groups (broad SMARTS) is 1. The Morgan fingerprint density at radius 3 is 3.13 bits per heavy atom. The van der Waals surface area contributed by atoms with E-state index in [1.807, 2.05) is 18.2 Å². The zero-order chi connectivity index (χ0) is 10.7. The number of hydrogen-bond donors (Lipinski definition) is 1. The highest BCUT2D eigenvalue weighted by molar-refractivity contribution is 8.00. The summed E-state index contributed by atoms with van der Waals surface area (Å²) in [5, 5.41) is 8.62. The van der Waals surface area contributed by atoms with Crippen molar-refractivity contribution in [3.8, 4) is 0 Å². The number of fused-ring (bicyclic) bond motifs is 1. The largest absolute Gasteiger partial charge is 0.481 e. The lowest BCUT2D eigenvalue weighted by molar-refractivity contribution is -0.133. The Bertz CT molecular complexity index is 365. The van der Waals surface area contributed by atoms with Crippen LogP contribution in [0.1, 0.15) is 16.6 Å². The fourth-order valence-corrected chi connectivity index (χ4v) is 2.54. The molecule has 0 aromatic heterocycles. The first-order valence-corrected chi connectivity index (χ1v) is 5.85. The summed E-state index contributed by atoms with van der Waals surface area (Å²) in [5.74, 6) is -0.717. The summed E-state index contributed by atoms with van der Waals surface area (Å²) in [7, 11) is 0. The second-order valence-electron chi connectivity index (χ2n) is 3.36. The first kappa shape index (κ1) is 10.5. The summed E-state index contributed by atoms with van der Waals surface area (Å²) in [6.45, 7) is 0.675. The fraction of sp³-hybridized carbons (Fsp3) is 0.364. The van der Waals surface area contributed by atoms with Gasteiger partial charge in [-0.3, -0.25) is 4.79 Å². The standard InChI is InChI=1S/C11H12O3S/c12-10(13)7-15-11-9-4-2-1-3-8(9)5-6-14-11/h1-4,11H,5-7H2,(H,12,13). The molecular weight excluding hydrogens is 212 g/mol. The molecule has 15 heavy (non-hydrogen) atoms. The molecule has 0 saturated carbocycles. The van der Waals surface area contributed by atoms with E-state index < -0.39 is 5.97 Å². The molecule has 0 aliphatic carbocycles. The molecule has 1 aliphatic rings. The van der Waals surface area contributed by atoms with Crippen molar-refractivity contribution in [2.45, 2.75) is 11.9 Å². The van der Waals surface area contributed by atoms with Gasteiger partial charge in [0.05, 0.1) is 12.4 Å². The number of benzene rings is 1. The average molecular weight is 224 g/mol. The van der Waals surface area contributed by atoms with Crippen LogP contribution in [0.25, 0.3) is 0 Å². The molecule has 1 aromatic carbocycles. The molecule has 0 radical (unpaired) electrons. The summed E-state index contributed by atoms with van der Waals surface area (Å²) in [5.41, 5.74) is 2.27. The van der Waals surface area contributed by atoms with E-state index in [4.69, 9.17) is 9.84 Å². The SMILES string of the molecule is O=C(O)CSC1OCCc2ccccc21. The third-order valence-electron chi connectivity index (χ3n) is 2.31. The van der Waals surface area contributed by atoms with E-state index in [-0.39, 0.29) is 11.2 Å². The maximum Gasteiger partial charge on any atom is 0.313 e. The van der Waals surface area contributed by atoms with Crippen molar-refractivity contribution >= 4 is 17.7 Å². The van der Waals surface area contributed by atoms with Crippen LogP contribution in [-0.4, -0.2) is 23.4 Å². The number of carbonyl (C=O) groups is 1. The minimum atomic E-state index is -0.799. The first-order chi connectivity index (χ1) is 7.27. The van der Waals surface area contributed by atoms with Crippen LogP contribution in [0.3, 0.4) is 0 Å². The van der Waals surface area contributed by atoms with Crippen LogP contribution in [0.15, 0.2) is 24.3 Å². The van der Waals surface area contributed by atoms with Crippen LogP contribution in [0.2, 0.25) is 0 Å². The van der Waals surface area contributed by atoms with Crippen molar-refractivity contribution in [1.82, 2.24) is 0 Å². The van der Waals surface area contributed by atoms with Gasteiger partial charge in [-0.2, -0.15) is 0 Å². The maximum absolute atomic E-state index is 10.5. The number of ether oxygens (including phenoxy) is 1. The highest BCUT2D eigenvalue weighted by Gasteiger charge is 2.21. The molecule has 2 rings (SSSR count). The molecule has 0 fully saturated rings. The van der Waals surface area contributed by atoms with Crippen LogP contribution in [0.4, 0.5) is 0 Å². The van der Waals surface area contributed by atoms with Crippen LogP contribution in [0.5, 0.6) is 0 Å². The number of carboxylic acids is 1. The van der Waals surface area contributed by atoms with E-state index in [0.29, 0.717) is 6.61 Å². The molecule has 0 spiro atoms. The van der Waals surface area contributed by atoms with E-state index >= 15 is 0 Å². The van der Waals surface area contributed by atoms with Crippen molar-refractivity contribution in [2.75, 3.05) is 12.4 Å². The van der Waals surface area contributed by atoms with E-state index in [0.717, 1.165) is 12.0 Å². The Labute approximate surface area is 92.4 Å². The first-order valence-electron chi connectivity index (χ1n) is 4.80. The third kappa shape index (κ3) is 2.52. The molecule has 0 amide bonds. The Hall–Kier alpha value is -1.00. The van der Waals surface area contributed by atoms with Crippen LogP contribution < -0.4 is 0 Å². The summed E-state index contributed by atoms with van der Waals surface area (Å²) < 4.78 is 5.55. The monoisotopic (exact) mass is 224 g/mol. The van der Waals surface area contributed by atoms with Gasteiger partial charge in [-0.1, -0.05) is 24.3 Å². The lowest BCUT2D eigenvalue weighted by Gasteiger charge is -2.24. The zero-order valence-corrected chi connectivity index (χ0v) is 9.00. The van der Waals surface area contributed by atoms with Gasteiger partial charge in [0, 0.05) is 0 Å². The predicted molar refractivity (Wildman–Crippen MR) is 58.9 cm³/mol. The second kappa shape index (κ2) is 4.68. The predicted octanol–water partition coefficient (Wildman–Crippen LogP) is 2.08. The molecule has 3 nitrogen and oxygen atoms in total. The summed E-state index contributed by atoms with van der Waals surface area (Å²) >= 11 is 1.33. The Balaban J connectivity index is 2.11. The Morgan fingerprint density at radius 1 is 1.53 bits per heavy atom. The molecule has 1 heterocycles. The van der Waals surface area contributed by atoms with Crippen molar-refractivity contribution in [1.29, 1.82) is 0 Å². The normalized spacial score (nSPS) is 19.6. The summed E-state index contributed by atoms with van der Waals surface area (Å²) in [6.07, 6.45) is 0.917. The molecule has 1 N–H and O–H groups in total. The highest BCUT2D eigenvalue weighted by atomic mass is 32.2. The van der Waals surface area contributed by atoms with Gasteiger partial charge in [-0.15, -0.1) is 11.8 Å². The molecule has 1 atom stereocenters. The van der Waals surface area contributed by atoms with Gasteiger partial charge in [0.1, 0.15) is 5.44 Å². The molecule has 0 saturated heterocycles. The lowest BCUT2D eigenvalue weighted by Crippen LogP contribution is -2.15. The smallest absolute Gasteiger partial charge is 0.313 e. The van der Waals surface area contributed by atoms with E-state index in [2.05, 4.69) is 6.07 Å². The summed E-state index contributed by atoms with van der Waals surface area (Å²) in [4.78, 5) is 10.5. The summed E-state index contributed by atoms with van der Waals surface area (Å²) in [6, 6.07) is 8.05. The van der Waals surface area contributed by atoms with Crippen LogP contribution in [0, 0.1) is 0 Å². The van der Waals surface area contributed by atoms with Crippen molar-refractivity contribution in [3.63, 3.8) is 0 Å². The molecular formula is C11H12O3S. The van der Waals surface area contributed by atoms with Gasteiger partial charge in [-0.25, -0.2) is 0 Å². The van der Waals surface area contributed by atoms with Crippen molar-refractivity contribution in [3.05, 3.63) is 35.4 Å². The van der Waals surface area contributed by atoms with E-state index in [1.165, 1.54) is 17.3 Å². The molecule has 1 aromatic rings. The highest BCUT2D eigenvalue weighted by Crippen LogP contribution is 2.35. The fourth-order valence-electron chi connectivity index (χ4n) is 1.64. The Kier molecular flexibility index (Phi) is 3.28. The number of thioether (sulfide) groups is 1. The molecule has 80 valence electrons. The van der Waals surface area contributed by atoms with Gasteiger partial charge in [0.15, 0.2) is 0 Å². The lowest BCUT2D eigenvalue weighted by atomic mass is 10.0. The third-order valence-corrected chi connectivity index (χ3v) is 3.41. The second-order valence-corrected chi connectivity index (χ2v) is 4.41. The van der Waals surface area contributed by atoms with Gasteiger partial charge in [0.25, 0.3) is 0 Å². The van der Waals surface area contributed by atoms with Gasteiger partial charge >= 0.3 is 5.97 Å². The molecule has 1 unspecified atom stereocenters. The number of hydrogen-bond acceptors (Lipinski definition) is 3. The minimum Gasteiger partial charge on any atom is -0.481 e. The van der Waals surface area contributed by atoms with E-state index in [1.54, 1.807) is 0 Å². The van der Waals surface area contributed by atoms with Gasteiger partial charge in [0.2, 0.25) is 0 Å². The topological polar surface area (TPSA) is 46.5 Å².